The number of alkyl halides is 2. The quantitative estimate of drug-likeness (QED) is 0.795. The number of carbonyl (C=O) groups excluding carboxylic acids is 1. The van der Waals surface area contributed by atoms with Crippen LogP contribution in [0.4, 0.5) is 8.78 Å². The first-order valence-corrected chi connectivity index (χ1v) is 6.24. The van der Waals surface area contributed by atoms with E-state index in [2.05, 4.69) is 5.32 Å². The Bertz CT molecular complexity index is 306. The molecular weight excluding hydrogens is 226 g/mol. The fourth-order valence-corrected chi connectivity index (χ4v) is 2.85. The summed E-state index contributed by atoms with van der Waals surface area (Å²) in [6.07, 6.45) is 4.69. The molecule has 0 aliphatic heterocycles. The fourth-order valence-electron chi connectivity index (χ4n) is 2.85. The van der Waals surface area contributed by atoms with Crippen LogP contribution in [0.3, 0.4) is 0 Å². The van der Waals surface area contributed by atoms with Gasteiger partial charge in [-0.15, -0.1) is 0 Å². The highest BCUT2D eigenvalue weighted by Gasteiger charge is 2.58. The Labute approximate surface area is 100 Å². The molecule has 0 aromatic heterocycles. The minimum atomic E-state index is -2.83. The summed E-state index contributed by atoms with van der Waals surface area (Å²) in [5.74, 6) is -3.09. The monoisotopic (exact) mass is 246 g/mol. The van der Waals surface area contributed by atoms with Gasteiger partial charge in [0, 0.05) is 18.9 Å². The van der Waals surface area contributed by atoms with Crippen molar-refractivity contribution < 1.29 is 13.6 Å². The normalized spacial score (nSPS) is 36.9. The molecule has 98 valence electrons. The van der Waals surface area contributed by atoms with Gasteiger partial charge < -0.3 is 11.1 Å². The molecule has 2 aliphatic carbocycles. The van der Waals surface area contributed by atoms with Crippen LogP contribution in [0.15, 0.2) is 0 Å². The number of nitrogens with two attached hydrogens (primary N) is 1. The van der Waals surface area contributed by atoms with Gasteiger partial charge in [-0.1, -0.05) is 0 Å². The summed E-state index contributed by atoms with van der Waals surface area (Å²) in [5, 5.41) is 2.35. The lowest BCUT2D eigenvalue weighted by molar-refractivity contribution is -0.125. The molecule has 0 aromatic rings. The zero-order chi connectivity index (χ0) is 12.7. The van der Waals surface area contributed by atoms with Crippen molar-refractivity contribution in [3.05, 3.63) is 0 Å². The number of halogens is 2. The lowest BCUT2D eigenvalue weighted by atomic mass is 9.82. The summed E-state index contributed by atoms with van der Waals surface area (Å²) in [5.41, 5.74) is 5.91. The van der Waals surface area contributed by atoms with Gasteiger partial charge in [0.1, 0.15) is 0 Å². The second-order valence-electron chi connectivity index (χ2n) is 5.74. The van der Waals surface area contributed by atoms with Crippen LogP contribution < -0.4 is 11.1 Å². The molecule has 1 unspecified atom stereocenters. The predicted molar refractivity (Wildman–Crippen MR) is 60.6 cm³/mol. The molecule has 1 spiro atoms. The average Bonchev–Trinajstić information content (AvgIpc) is 2.93. The third-order valence-electron chi connectivity index (χ3n) is 4.11. The Balaban J connectivity index is 1.80. The third-order valence-corrected chi connectivity index (χ3v) is 4.11. The van der Waals surface area contributed by atoms with Gasteiger partial charge in [0.2, 0.25) is 5.91 Å². The zero-order valence-electron chi connectivity index (χ0n) is 10.1. The standard InChI is InChI=1S/C12H20F2N2O/c1-11(13,14)7-16-10(17)9-6-12(9)4-2-8(15)3-5-12/h8-9H,2-7,15H2,1H3,(H,16,17). The van der Waals surface area contributed by atoms with Gasteiger partial charge in [0.25, 0.3) is 5.92 Å². The van der Waals surface area contributed by atoms with Gasteiger partial charge in [-0.25, -0.2) is 8.78 Å². The molecule has 0 heterocycles. The van der Waals surface area contributed by atoms with Crippen LogP contribution >= 0.6 is 0 Å². The Kier molecular flexibility index (Phi) is 3.14. The summed E-state index contributed by atoms with van der Waals surface area (Å²) in [6, 6.07) is 0.255. The molecule has 0 aromatic carbocycles. The van der Waals surface area contributed by atoms with E-state index in [1.54, 1.807) is 0 Å². The molecule has 17 heavy (non-hydrogen) atoms. The van der Waals surface area contributed by atoms with E-state index in [-0.39, 0.29) is 23.3 Å². The first-order chi connectivity index (χ1) is 7.82. The first-order valence-electron chi connectivity index (χ1n) is 6.24. The van der Waals surface area contributed by atoms with E-state index in [0.717, 1.165) is 39.0 Å². The topological polar surface area (TPSA) is 55.1 Å². The summed E-state index contributed by atoms with van der Waals surface area (Å²) < 4.78 is 25.2. The van der Waals surface area contributed by atoms with Crippen molar-refractivity contribution in [2.45, 2.75) is 51.0 Å². The molecular formula is C12H20F2N2O. The van der Waals surface area contributed by atoms with Crippen LogP contribution in [0.1, 0.15) is 39.0 Å². The Hall–Kier alpha value is -0.710. The van der Waals surface area contributed by atoms with E-state index in [0.29, 0.717) is 0 Å². The maximum absolute atomic E-state index is 12.6. The van der Waals surface area contributed by atoms with Gasteiger partial charge in [-0.2, -0.15) is 0 Å². The summed E-state index contributed by atoms with van der Waals surface area (Å²) in [6.45, 7) is 0.257. The number of hydrogen-bond donors (Lipinski definition) is 2. The van der Waals surface area contributed by atoms with E-state index >= 15 is 0 Å². The lowest BCUT2D eigenvalue weighted by Gasteiger charge is -2.26. The number of rotatable bonds is 3. The van der Waals surface area contributed by atoms with Gasteiger partial charge in [0.05, 0.1) is 6.54 Å². The number of amides is 1. The second kappa shape index (κ2) is 4.19. The van der Waals surface area contributed by atoms with Crippen molar-refractivity contribution >= 4 is 5.91 Å². The highest BCUT2D eigenvalue weighted by Crippen LogP contribution is 2.61. The molecule has 1 atom stereocenters. The van der Waals surface area contributed by atoms with Crippen molar-refractivity contribution in [2.24, 2.45) is 17.1 Å². The average molecular weight is 246 g/mol. The van der Waals surface area contributed by atoms with Crippen LogP contribution in [0.2, 0.25) is 0 Å². The Morgan fingerprint density at radius 2 is 2.06 bits per heavy atom. The van der Waals surface area contributed by atoms with Crippen molar-refractivity contribution in [2.75, 3.05) is 6.54 Å². The zero-order valence-corrected chi connectivity index (χ0v) is 10.1. The Morgan fingerprint density at radius 1 is 1.47 bits per heavy atom. The third kappa shape index (κ3) is 2.94. The van der Waals surface area contributed by atoms with Crippen molar-refractivity contribution in [3.8, 4) is 0 Å². The van der Waals surface area contributed by atoms with E-state index in [4.69, 9.17) is 5.73 Å². The van der Waals surface area contributed by atoms with Crippen LogP contribution in [-0.2, 0) is 4.79 Å². The smallest absolute Gasteiger partial charge is 0.262 e. The van der Waals surface area contributed by atoms with Crippen LogP contribution in [0, 0.1) is 11.3 Å². The van der Waals surface area contributed by atoms with Gasteiger partial charge >= 0.3 is 0 Å². The molecule has 5 heteroatoms. The number of carbonyl (C=O) groups is 1. The number of hydrogen-bond acceptors (Lipinski definition) is 2. The van der Waals surface area contributed by atoms with Gasteiger partial charge in [-0.05, 0) is 37.5 Å². The molecule has 2 rings (SSSR count). The SMILES string of the molecule is CC(F)(F)CNC(=O)C1CC12CCC(N)CC2. The molecule has 3 nitrogen and oxygen atoms in total. The number of nitrogens with one attached hydrogen (secondary N) is 1. The molecule has 2 fully saturated rings. The molecule has 2 saturated carbocycles. The largest absolute Gasteiger partial charge is 0.350 e. The van der Waals surface area contributed by atoms with E-state index < -0.39 is 12.5 Å². The van der Waals surface area contributed by atoms with Crippen molar-refractivity contribution in [3.63, 3.8) is 0 Å². The van der Waals surface area contributed by atoms with Crippen LogP contribution in [-0.4, -0.2) is 24.4 Å². The second-order valence-corrected chi connectivity index (χ2v) is 5.74. The van der Waals surface area contributed by atoms with Gasteiger partial charge in [-0.3, -0.25) is 4.79 Å². The van der Waals surface area contributed by atoms with Crippen LogP contribution in [0.5, 0.6) is 0 Å². The summed E-state index contributed by atoms with van der Waals surface area (Å²) in [4.78, 5) is 11.7. The van der Waals surface area contributed by atoms with Crippen molar-refractivity contribution in [1.29, 1.82) is 0 Å². The first kappa shape index (κ1) is 12.7. The van der Waals surface area contributed by atoms with Crippen LogP contribution in [0.25, 0.3) is 0 Å². The summed E-state index contributed by atoms with van der Waals surface area (Å²) >= 11 is 0. The predicted octanol–water partition coefficient (Wildman–Crippen LogP) is 1.67. The maximum Gasteiger partial charge on any atom is 0.262 e. The molecule has 2 aliphatic rings. The van der Waals surface area contributed by atoms with E-state index in [1.165, 1.54) is 0 Å². The minimum Gasteiger partial charge on any atom is -0.350 e. The molecule has 0 saturated heterocycles. The molecule has 0 bridgehead atoms. The van der Waals surface area contributed by atoms with E-state index in [9.17, 15) is 13.6 Å². The fraction of sp³-hybridized carbons (Fsp3) is 0.917. The lowest BCUT2D eigenvalue weighted by Crippen LogP contribution is -2.37. The van der Waals surface area contributed by atoms with E-state index in [1.807, 2.05) is 0 Å². The Morgan fingerprint density at radius 3 is 2.59 bits per heavy atom. The van der Waals surface area contributed by atoms with Crippen molar-refractivity contribution in [1.82, 2.24) is 5.32 Å². The highest BCUT2D eigenvalue weighted by atomic mass is 19.3. The summed E-state index contributed by atoms with van der Waals surface area (Å²) in [7, 11) is 0. The maximum atomic E-state index is 12.6. The molecule has 1 amide bonds. The minimum absolute atomic E-state index is 0.0580. The molecule has 3 N–H and O–H groups in total. The molecule has 0 radical (unpaired) electrons. The highest BCUT2D eigenvalue weighted by molar-refractivity contribution is 5.82. The van der Waals surface area contributed by atoms with Gasteiger partial charge in [0.15, 0.2) is 0 Å².